The minimum Gasteiger partial charge on any atom is -0.493 e. The summed E-state index contributed by atoms with van der Waals surface area (Å²) in [5.41, 5.74) is 0.538. The van der Waals surface area contributed by atoms with Crippen molar-refractivity contribution in [3.63, 3.8) is 0 Å². The third kappa shape index (κ3) is 4.85. The Kier molecular flexibility index (Phi) is 6.79. The zero-order valence-corrected chi connectivity index (χ0v) is 20.7. The maximum Gasteiger partial charge on any atom is 0.343 e. The predicted molar refractivity (Wildman–Crippen MR) is 134 cm³/mol. The highest BCUT2D eigenvalue weighted by Gasteiger charge is 2.39. The number of nitrogens with zero attached hydrogens (tertiary/aromatic N) is 3. The smallest absolute Gasteiger partial charge is 0.343 e. The second-order valence-electron chi connectivity index (χ2n) is 7.08. The van der Waals surface area contributed by atoms with E-state index in [1.165, 1.54) is 32.2 Å². The summed E-state index contributed by atoms with van der Waals surface area (Å²) in [6.45, 7) is 1.47. The maximum atomic E-state index is 12.6. The van der Waals surface area contributed by atoms with Crippen molar-refractivity contribution < 1.29 is 27.5 Å². The molecule has 0 spiro atoms. The lowest BCUT2D eigenvalue weighted by molar-refractivity contribution is -0.114. The second kappa shape index (κ2) is 9.64. The number of ether oxygens (including phenoxy) is 2. The maximum absolute atomic E-state index is 12.6. The molecule has 2 aromatic carbocycles. The van der Waals surface area contributed by atoms with Crippen molar-refractivity contribution in [3.05, 3.63) is 64.2 Å². The van der Waals surface area contributed by atoms with E-state index in [0.29, 0.717) is 22.9 Å². The average molecular weight is 533 g/mol. The molecule has 1 N–H and O–H groups in total. The van der Waals surface area contributed by atoms with Crippen LogP contribution in [0, 0.1) is 5.41 Å². The first-order valence-corrected chi connectivity index (χ1v) is 12.9. The SMILES string of the molecule is CCS(=O)(=O)C1=NN2C(=N)C(=Cc3cc(Cl)c(OC(=O)c4ccccc4)c(OC)c3)C(=O)N=C2S1. The number of esters is 1. The molecular formula is C22H17ClN4O6S2. The van der Waals surface area contributed by atoms with Crippen molar-refractivity contribution >= 4 is 66.5 Å². The van der Waals surface area contributed by atoms with Crippen LogP contribution >= 0.6 is 23.4 Å². The summed E-state index contributed by atoms with van der Waals surface area (Å²) in [5, 5.41) is 13.4. The Balaban J connectivity index is 1.66. The van der Waals surface area contributed by atoms with Crippen LogP contribution in [0.15, 0.2) is 58.1 Å². The average Bonchev–Trinajstić information content (AvgIpc) is 3.28. The third-order valence-electron chi connectivity index (χ3n) is 4.85. The first kappa shape index (κ1) is 24.6. The van der Waals surface area contributed by atoms with Crippen LogP contribution in [-0.4, -0.2) is 53.5 Å². The Morgan fingerprint density at radius 2 is 1.97 bits per heavy atom. The molecule has 10 nitrogen and oxygen atoms in total. The van der Waals surface area contributed by atoms with E-state index >= 15 is 0 Å². The monoisotopic (exact) mass is 532 g/mol. The number of thioether (sulfide) groups is 1. The first-order valence-electron chi connectivity index (χ1n) is 10.0. The molecule has 4 rings (SSSR count). The number of methoxy groups -OCH3 is 1. The van der Waals surface area contributed by atoms with Gasteiger partial charge in [-0.05, 0) is 47.7 Å². The van der Waals surface area contributed by atoms with E-state index in [2.05, 4.69) is 10.1 Å². The molecule has 13 heteroatoms. The Morgan fingerprint density at radius 3 is 2.63 bits per heavy atom. The van der Waals surface area contributed by atoms with Crippen molar-refractivity contribution in [3.8, 4) is 11.5 Å². The van der Waals surface area contributed by atoms with E-state index in [-0.39, 0.29) is 43.2 Å². The molecule has 2 aliphatic rings. The van der Waals surface area contributed by atoms with Crippen LogP contribution in [0.1, 0.15) is 22.8 Å². The molecule has 0 aliphatic carbocycles. The summed E-state index contributed by atoms with van der Waals surface area (Å²) in [5.74, 6) is -1.78. The van der Waals surface area contributed by atoms with E-state index < -0.39 is 21.7 Å². The number of hydrogen-bond donors (Lipinski definition) is 1. The van der Waals surface area contributed by atoms with Crippen LogP contribution in [0.3, 0.4) is 0 Å². The number of benzene rings is 2. The number of fused-ring (bicyclic) bond motifs is 1. The van der Waals surface area contributed by atoms with Gasteiger partial charge < -0.3 is 9.47 Å². The van der Waals surface area contributed by atoms with Gasteiger partial charge in [0.25, 0.3) is 5.91 Å². The van der Waals surface area contributed by atoms with Crippen molar-refractivity contribution in [1.29, 1.82) is 5.41 Å². The van der Waals surface area contributed by atoms with Gasteiger partial charge in [0.1, 0.15) is 0 Å². The van der Waals surface area contributed by atoms with Crippen molar-refractivity contribution in [2.75, 3.05) is 12.9 Å². The van der Waals surface area contributed by atoms with Crippen molar-refractivity contribution in [2.24, 2.45) is 10.1 Å². The highest BCUT2D eigenvalue weighted by atomic mass is 35.5. The molecule has 0 fully saturated rings. The van der Waals surface area contributed by atoms with Crippen LogP contribution in [-0.2, 0) is 14.6 Å². The largest absolute Gasteiger partial charge is 0.493 e. The highest BCUT2D eigenvalue weighted by molar-refractivity contribution is 8.42. The lowest BCUT2D eigenvalue weighted by Gasteiger charge is -2.20. The van der Waals surface area contributed by atoms with Crippen LogP contribution in [0.2, 0.25) is 5.02 Å². The predicted octanol–water partition coefficient (Wildman–Crippen LogP) is 3.58. The van der Waals surface area contributed by atoms with E-state index in [0.717, 1.165) is 5.01 Å². The van der Waals surface area contributed by atoms with Crippen LogP contribution < -0.4 is 9.47 Å². The van der Waals surface area contributed by atoms with Gasteiger partial charge in [-0.3, -0.25) is 10.2 Å². The number of amides is 1. The van der Waals surface area contributed by atoms with Gasteiger partial charge in [-0.15, -0.1) is 5.10 Å². The Hall–Kier alpha value is -3.48. The molecule has 2 aliphatic heterocycles. The van der Waals surface area contributed by atoms with Gasteiger partial charge in [-0.1, -0.05) is 36.7 Å². The Morgan fingerprint density at radius 1 is 1.26 bits per heavy atom. The summed E-state index contributed by atoms with van der Waals surface area (Å²) in [6.07, 6.45) is 1.34. The quantitative estimate of drug-likeness (QED) is 0.350. The standard InChI is InChI=1S/C22H17ClN4O6S2/c1-3-35(30,31)22-26-27-18(24)14(19(28)25-21(27)34-22)9-12-10-15(23)17(16(11-12)32-2)33-20(29)13-7-5-4-6-8-13/h4-11,24H,3H2,1-2H3. The number of carbonyl (C=O) groups is 2. The van der Waals surface area contributed by atoms with E-state index in [1.807, 2.05) is 0 Å². The van der Waals surface area contributed by atoms with Crippen molar-refractivity contribution in [1.82, 2.24) is 5.01 Å². The number of rotatable bonds is 5. The van der Waals surface area contributed by atoms with E-state index in [9.17, 15) is 18.0 Å². The topological polar surface area (TPSA) is 139 Å². The Labute approximate surface area is 209 Å². The molecule has 0 bridgehead atoms. The molecule has 180 valence electrons. The minimum atomic E-state index is -3.64. The van der Waals surface area contributed by atoms with Crippen LogP contribution in [0.5, 0.6) is 11.5 Å². The first-order chi connectivity index (χ1) is 16.6. The molecule has 0 saturated heterocycles. The zero-order valence-electron chi connectivity index (χ0n) is 18.3. The number of hydrogen-bond acceptors (Lipinski definition) is 9. The van der Waals surface area contributed by atoms with E-state index in [1.54, 1.807) is 30.3 Å². The van der Waals surface area contributed by atoms with Gasteiger partial charge in [-0.2, -0.15) is 10.0 Å². The van der Waals surface area contributed by atoms with E-state index in [4.69, 9.17) is 26.5 Å². The number of amidine groups is 2. The summed E-state index contributed by atoms with van der Waals surface area (Å²) < 4.78 is 34.8. The van der Waals surface area contributed by atoms with Crippen LogP contribution in [0.4, 0.5) is 0 Å². The molecule has 0 aromatic heterocycles. The summed E-state index contributed by atoms with van der Waals surface area (Å²) in [6, 6.07) is 11.2. The summed E-state index contributed by atoms with van der Waals surface area (Å²) >= 11 is 7.07. The lowest BCUT2D eigenvalue weighted by Crippen LogP contribution is -2.35. The molecule has 0 unspecified atom stereocenters. The summed E-state index contributed by atoms with van der Waals surface area (Å²) in [4.78, 5) is 28.9. The zero-order chi connectivity index (χ0) is 25.3. The molecule has 0 atom stereocenters. The number of halogens is 1. The van der Waals surface area contributed by atoms with Gasteiger partial charge in [0.2, 0.25) is 19.4 Å². The van der Waals surface area contributed by atoms with Gasteiger partial charge in [0.15, 0.2) is 17.3 Å². The molecule has 0 radical (unpaired) electrons. The van der Waals surface area contributed by atoms with Gasteiger partial charge >= 0.3 is 5.97 Å². The number of carbonyl (C=O) groups excluding carboxylic acids is 2. The highest BCUT2D eigenvalue weighted by Crippen LogP contribution is 2.38. The lowest BCUT2D eigenvalue weighted by atomic mass is 10.1. The third-order valence-corrected chi connectivity index (χ3v) is 8.22. The van der Waals surface area contributed by atoms with Gasteiger partial charge in [0, 0.05) is 0 Å². The fourth-order valence-corrected chi connectivity index (χ4v) is 5.46. The number of aliphatic imine (C=N–C) groups is 1. The molecule has 35 heavy (non-hydrogen) atoms. The molecular weight excluding hydrogens is 516 g/mol. The normalized spacial score (nSPS) is 16.7. The Bertz CT molecular complexity index is 1450. The number of sulfone groups is 1. The van der Waals surface area contributed by atoms with Crippen molar-refractivity contribution in [2.45, 2.75) is 6.92 Å². The molecule has 2 heterocycles. The van der Waals surface area contributed by atoms with Gasteiger partial charge in [-0.25, -0.2) is 13.2 Å². The fraction of sp³-hybridized carbons (Fsp3) is 0.136. The number of hydrazone groups is 1. The van der Waals surface area contributed by atoms with Crippen LogP contribution in [0.25, 0.3) is 6.08 Å². The number of nitrogens with one attached hydrogen (secondary N) is 1. The molecule has 0 saturated carbocycles. The summed E-state index contributed by atoms with van der Waals surface area (Å²) in [7, 11) is -2.28. The second-order valence-corrected chi connectivity index (χ2v) is 10.9. The molecule has 2 aromatic rings. The fourth-order valence-electron chi connectivity index (χ4n) is 3.04. The van der Waals surface area contributed by atoms with Gasteiger partial charge in [0.05, 0.1) is 29.0 Å². The molecule has 1 amide bonds. The minimum absolute atomic E-state index is 0.00881.